The van der Waals surface area contributed by atoms with Crippen LogP contribution in [0, 0.1) is 35.5 Å². The summed E-state index contributed by atoms with van der Waals surface area (Å²) >= 11 is 0. The van der Waals surface area contributed by atoms with Crippen LogP contribution >= 0.6 is 0 Å². The lowest BCUT2D eigenvalue weighted by Crippen LogP contribution is -2.38. The molecule has 1 aromatic heterocycles. The highest BCUT2D eigenvalue weighted by molar-refractivity contribution is 5.78. The molecule has 0 spiro atoms. The first-order chi connectivity index (χ1) is 27.6. The number of furan rings is 1. The SMILES string of the molecule is O=C(O)C(Cc1cccc(OCCN(CCOc2cccc(CC(C(=O)O)C3CCNC3)c2)C(=O)Cc2cc(CC(C(=O)O)C3CCNC3)co2)c1)C1CCNC1. The first kappa shape index (κ1) is 41.7. The van der Waals surface area contributed by atoms with Gasteiger partial charge in [-0.3, -0.25) is 19.2 Å². The van der Waals surface area contributed by atoms with Crippen LogP contribution in [0.5, 0.6) is 11.5 Å². The summed E-state index contributed by atoms with van der Waals surface area (Å²) in [6.07, 6.45) is 5.07. The molecule has 3 fully saturated rings. The Morgan fingerprint density at radius 2 is 1.09 bits per heavy atom. The van der Waals surface area contributed by atoms with Gasteiger partial charge in [-0.2, -0.15) is 0 Å². The van der Waals surface area contributed by atoms with E-state index in [1.165, 1.54) is 6.26 Å². The number of carboxylic acid groups (broad SMARTS) is 3. The third-order valence-corrected chi connectivity index (χ3v) is 11.8. The molecule has 6 N–H and O–H groups in total. The number of carbonyl (C=O) groups excluding carboxylic acids is 1. The van der Waals surface area contributed by atoms with Gasteiger partial charge in [0.15, 0.2) is 0 Å². The van der Waals surface area contributed by atoms with Crippen molar-refractivity contribution >= 4 is 23.8 Å². The highest BCUT2D eigenvalue weighted by atomic mass is 16.5. The highest BCUT2D eigenvalue weighted by Crippen LogP contribution is 2.28. The smallest absolute Gasteiger partial charge is 0.307 e. The first-order valence-corrected chi connectivity index (χ1v) is 20.2. The predicted octanol–water partition coefficient (Wildman–Crippen LogP) is 3.37. The lowest BCUT2D eigenvalue weighted by molar-refractivity contribution is -0.144. The third kappa shape index (κ3) is 12.0. The molecule has 0 bridgehead atoms. The molecule has 4 heterocycles. The lowest BCUT2D eigenvalue weighted by atomic mass is 9.86. The Balaban J connectivity index is 1.08. The maximum Gasteiger partial charge on any atom is 0.307 e. The van der Waals surface area contributed by atoms with Gasteiger partial charge in [0.2, 0.25) is 5.91 Å². The molecular formula is C43H56N4O10. The summed E-state index contributed by atoms with van der Waals surface area (Å²) in [6, 6.07) is 16.6. The molecule has 1 amide bonds. The van der Waals surface area contributed by atoms with Gasteiger partial charge in [0.05, 0.1) is 43.5 Å². The van der Waals surface area contributed by atoms with Gasteiger partial charge in [-0.25, -0.2) is 0 Å². The van der Waals surface area contributed by atoms with Crippen molar-refractivity contribution in [2.75, 3.05) is 65.6 Å². The topological polar surface area (TPSA) is 200 Å². The summed E-state index contributed by atoms with van der Waals surface area (Å²) < 4.78 is 18.0. The zero-order valence-electron chi connectivity index (χ0n) is 32.4. The molecule has 0 radical (unpaired) electrons. The fourth-order valence-electron chi connectivity index (χ4n) is 8.51. The van der Waals surface area contributed by atoms with Gasteiger partial charge < -0.3 is 50.1 Å². The Morgan fingerprint density at radius 1 is 0.649 bits per heavy atom. The molecule has 3 saturated heterocycles. The average molecular weight is 789 g/mol. The van der Waals surface area contributed by atoms with Crippen LogP contribution in [0.3, 0.4) is 0 Å². The minimum Gasteiger partial charge on any atom is -0.492 e. The van der Waals surface area contributed by atoms with Gasteiger partial charge in [-0.15, -0.1) is 0 Å². The molecule has 3 aliphatic heterocycles. The van der Waals surface area contributed by atoms with Crippen molar-refractivity contribution < 1.29 is 48.4 Å². The summed E-state index contributed by atoms with van der Waals surface area (Å²) in [5, 5.41) is 39.5. The number of rotatable bonds is 22. The number of aliphatic carboxylic acids is 3. The summed E-state index contributed by atoms with van der Waals surface area (Å²) in [4.78, 5) is 51.7. The normalized spacial score (nSPS) is 20.8. The molecule has 6 unspecified atom stereocenters. The number of nitrogens with one attached hydrogen (secondary N) is 3. The summed E-state index contributed by atoms with van der Waals surface area (Å²) in [5.74, 6) is -2.44. The minimum atomic E-state index is -0.842. The minimum absolute atomic E-state index is 0.0331. The number of hydrogen-bond donors (Lipinski definition) is 6. The van der Waals surface area contributed by atoms with Crippen LogP contribution in [0.25, 0.3) is 0 Å². The van der Waals surface area contributed by atoms with Crippen molar-refractivity contribution in [3.8, 4) is 11.5 Å². The van der Waals surface area contributed by atoms with Crippen LogP contribution in [0.4, 0.5) is 0 Å². The van der Waals surface area contributed by atoms with Crippen LogP contribution < -0.4 is 25.4 Å². The molecule has 2 aromatic carbocycles. The molecule has 3 aromatic rings. The molecule has 6 atom stereocenters. The Hall–Kier alpha value is -4.92. The molecule has 6 rings (SSSR count). The fourth-order valence-corrected chi connectivity index (χ4v) is 8.51. The van der Waals surface area contributed by atoms with Gasteiger partial charge in [-0.1, -0.05) is 24.3 Å². The Bertz CT molecular complexity index is 1710. The molecular weight excluding hydrogens is 732 g/mol. The summed E-state index contributed by atoms with van der Waals surface area (Å²) in [6.45, 7) is 5.29. The van der Waals surface area contributed by atoms with E-state index in [1.807, 2.05) is 48.5 Å². The largest absolute Gasteiger partial charge is 0.492 e. The van der Waals surface area contributed by atoms with E-state index in [9.17, 15) is 34.5 Å². The van der Waals surface area contributed by atoms with E-state index in [-0.39, 0.29) is 56.4 Å². The van der Waals surface area contributed by atoms with Crippen molar-refractivity contribution in [2.45, 2.75) is 44.9 Å². The number of carboxylic acids is 3. The monoisotopic (exact) mass is 788 g/mol. The van der Waals surface area contributed by atoms with Gasteiger partial charge >= 0.3 is 17.9 Å². The highest BCUT2D eigenvalue weighted by Gasteiger charge is 2.33. The van der Waals surface area contributed by atoms with Gasteiger partial charge in [0.25, 0.3) is 0 Å². The second-order valence-electron chi connectivity index (χ2n) is 15.7. The molecule has 308 valence electrons. The summed E-state index contributed by atoms with van der Waals surface area (Å²) in [5.41, 5.74) is 2.47. The quantitative estimate of drug-likeness (QED) is 0.0867. The van der Waals surface area contributed by atoms with Crippen LogP contribution in [0.15, 0.2) is 65.3 Å². The van der Waals surface area contributed by atoms with E-state index < -0.39 is 35.7 Å². The fraction of sp³-hybridized carbons (Fsp3) is 0.535. The second kappa shape index (κ2) is 20.5. The van der Waals surface area contributed by atoms with Crippen molar-refractivity contribution in [1.82, 2.24) is 20.9 Å². The van der Waals surface area contributed by atoms with Crippen molar-refractivity contribution in [3.05, 3.63) is 83.3 Å². The number of hydrogen-bond acceptors (Lipinski definition) is 10. The molecule has 0 aliphatic carbocycles. The Kier molecular flexibility index (Phi) is 15.0. The van der Waals surface area contributed by atoms with Gasteiger partial charge in [0.1, 0.15) is 30.5 Å². The lowest BCUT2D eigenvalue weighted by Gasteiger charge is -2.23. The molecule has 14 nitrogen and oxygen atoms in total. The molecule has 57 heavy (non-hydrogen) atoms. The summed E-state index contributed by atoms with van der Waals surface area (Å²) in [7, 11) is 0. The van der Waals surface area contributed by atoms with Crippen LogP contribution in [0.2, 0.25) is 0 Å². The zero-order chi connectivity index (χ0) is 40.1. The van der Waals surface area contributed by atoms with E-state index in [1.54, 1.807) is 11.0 Å². The third-order valence-electron chi connectivity index (χ3n) is 11.8. The van der Waals surface area contributed by atoms with Crippen molar-refractivity contribution in [2.24, 2.45) is 35.5 Å². The number of amides is 1. The molecule has 14 heteroatoms. The predicted molar refractivity (Wildman–Crippen MR) is 210 cm³/mol. The van der Waals surface area contributed by atoms with E-state index in [0.29, 0.717) is 56.2 Å². The number of carbonyl (C=O) groups is 4. The van der Waals surface area contributed by atoms with E-state index >= 15 is 0 Å². The van der Waals surface area contributed by atoms with E-state index in [4.69, 9.17) is 13.9 Å². The number of ether oxygens (including phenoxy) is 2. The Morgan fingerprint density at radius 3 is 1.49 bits per heavy atom. The van der Waals surface area contributed by atoms with Gasteiger partial charge in [0, 0.05) is 0 Å². The van der Waals surface area contributed by atoms with Crippen LogP contribution in [0.1, 0.15) is 41.7 Å². The second-order valence-corrected chi connectivity index (χ2v) is 15.7. The first-order valence-electron chi connectivity index (χ1n) is 20.2. The Labute approximate surface area is 333 Å². The molecule has 0 saturated carbocycles. The maximum absolute atomic E-state index is 13.8. The van der Waals surface area contributed by atoms with E-state index in [0.717, 1.165) is 55.6 Å². The van der Waals surface area contributed by atoms with Crippen LogP contribution in [-0.2, 0) is 44.9 Å². The molecule has 3 aliphatic rings. The van der Waals surface area contributed by atoms with Crippen molar-refractivity contribution in [3.63, 3.8) is 0 Å². The average Bonchev–Trinajstić information content (AvgIpc) is 4.04. The zero-order valence-corrected chi connectivity index (χ0v) is 32.4. The van der Waals surface area contributed by atoms with Gasteiger partial charge in [-0.05, 0) is 143 Å². The van der Waals surface area contributed by atoms with E-state index in [2.05, 4.69) is 16.0 Å². The standard InChI is InChI=1S/C43H56N4O10/c48-40(23-36-19-30(27-57-36)22-39(43(53)54)33-9-12-46-26-33)47(13-15-55-34-5-1-3-28(17-34)20-37(41(49)50)31-7-10-44-24-31)14-16-56-35-6-2-4-29(18-35)21-38(42(51)52)32-8-11-45-25-32/h1-6,17-19,27,31-33,37-39,44-46H,7-16,20-26H2,(H,49,50)(H,51,52)(H,53,54). The maximum atomic E-state index is 13.8. The van der Waals surface area contributed by atoms with Crippen LogP contribution in [-0.4, -0.2) is 110 Å². The number of benzene rings is 2. The number of nitrogens with zero attached hydrogens (tertiary/aromatic N) is 1. The van der Waals surface area contributed by atoms with Crippen molar-refractivity contribution in [1.29, 1.82) is 0 Å².